The van der Waals surface area contributed by atoms with Crippen LogP contribution >= 0.6 is 11.3 Å². The highest BCUT2D eigenvalue weighted by molar-refractivity contribution is 7.10. The number of aryl methyl sites for hydroxylation is 1. The fraction of sp³-hybridized carbons (Fsp3) is 0.389. The molecule has 1 N–H and O–H groups in total. The van der Waals surface area contributed by atoms with E-state index in [-0.39, 0.29) is 18.0 Å². The summed E-state index contributed by atoms with van der Waals surface area (Å²) < 4.78 is 0. The van der Waals surface area contributed by atoms with Crippen molar-refractivity contribution in [1.29, 1.82) is 0 Å². The largest absolute Gasteiger partial charge is 0.348 e. The van der Waals surface area contributed by atoms with Crippen LogP contribution in [0.5, 0.6) is 0 Å². The normalized spacial score (nSPS) is 13.9. The van der Waals surface area contributed by atoms with Gasteiger partial charge in [-0.15, -0.1) is 11.3 Å². The van der Waals surface area contributed by atoms with Gasteiger partial charge in [0.25, 0.3) is 0 Å². The standard InChI is InChI=1S/C18H24N2OS/c1-13-10-11-22-17(13)12-20(4)15(3)18(21)19-14(2)16-8-6-5-7-9-16/h5-11,14-15H,12H2,1-4H3,(H,19,21)/t14-,15-/m0/s1. The Morgan fingerprint density at radius 3 is 2.50 bits per heavy atom. The third kappa shape index (κ3) is 4.18. The smallest absolute Gasteiger partial charge is 0.237 e. The molecule has 0 aliphatic heterocycles. The molecule has 2 aromatic rings. The van der Waals surface area contributed by atoms with Gasteiger partial charge in [0.05, 0.1) is 12.1 Å². The van der Waals surface area contributed by atoms with Crippen molar-refractivity contribution in [3.63, 3.8) is 0 Å². The average Bonchev–Trinajstić information content (AvgIpc) is 2.92. The Bertz CT molecular complexity index is 609. The summed E-state index contributed by atoms with van der Waals surface area (Å²) in [5.41, 5.74) is 2.42. The minimum Gasteiger partial charge on any atom is -0.348 e. The molecule has 0 saturated heterocycles. The van der Waals surface area contributed by atoms with E-state index >= 15 is 0 Å². The number of amides is 1. The molecule has 4 heteroatoms. The first-order valence-corrected chi connectivity index (χ1v) is 8.45. The lowest BCUT2D eigenvalue weighted by Gasteiger charge is -2.25. The molecule has 1 heterocycles. The number of carbonyl (C=O) groups is 1. The molecule has 2 atom stereocenters. The van der Waals surface area contributed by atoms with Gasteiger partial charge in [-0.25, -0.2) is 0 Å². The number of carbonyl (C=O) groups excluding carboxylic acids is 1. The van der Waals surface area contributed by atoms with Crippen molar-refractivity contribution in [2.45, 2.75) is 39.4 Å². The number of hydrogen-bond donors (Lipinski definition) is 1. The van der Waals surface area contributed by atoms with Crippen molar-refractivity contribution in [3.8, 4) is 0 Å². The summed E-state index contributed by atoms with van der Waals surface area (Å²) in [6.45, 7) is 6.89. The number of nitrogens with one attached hydrogen (secondary N) is 1. The predicted molar refractivity (Wildman–Crippen MR) is 93.0 cm³/mol. The topological polar surface area (TPSA) is 32.3 Å². The molecule has 0 aliphatic carbocycles. The molecule has 0 spiro atoms. The van der Waals surface area contributed by atoms with Crippen LogP contribution in [0.15, 0.2) is 41.8 Å². The summed E-state index contributed by atoms with van der Waals surface area (Å²) >= 11 is 1.74. The van der Waals surface area contributed by atoms with E-state index in [4.69, 9.17) is 0 Å². The van der Waals surface area contributed by atoms with Crippen LogP contribution in [0.4, 0.5) is 0 Å². The number of thiophene rings is 1. The maximum atomic E-state index is 12.4. The van der Waals surface area contributed by atoms with E-state index in [2.05, 4.69) is 28.6 Å². The molecule has 3 nitrogen and oxygen atoms in total. The van der Waals surface area contributed by atoms with Crippen molar-refractivity contribution >= 4 is 17.2 Å². The number of hydrogen-bond acceptors (Lipinski definition) is 3. The molecule has 0 fully saturated rings. The molecular weight excluding hydrogens is 292 g/mol. The van der Waals surface area contributed by atoms with Crippen molar-refractivity contribution in [3.05, 3.63) is 57.8 Å². The quantitative estimate of drug-likeness (QED) is 0.880. The Balaban J connectivity index is 1.92. The summed E-state index contributed by atoms with van der Waals surface area (Å²) in [6, 6.07) is 12.0. The van der Waals surface area contributed by atoms with Crippen LogP contribution in [0, 0.1) is 6.92 Å². The number of benzene rings is 1. The van der Waals surface area contributed by atoms with Crippen LogP contribution in [0.3, 0.4) is 0 Å². The Labute approximate surface area is 137 Å². The van der Waals surface area contributed by atoms with Crippen LogP contribution < -0.4 is 5.32 Å². The zero-order valence-corrected chi connectivity index (χ0v) is 14.5. The summed E-state index contributed by atoms with van der Waals surface area (Å²) in [6.07, 6.45) is 0. The summed E-state index contributed by atoms with van der Waals surface area (Å²) in [4.78, 5) is 15.8. The monoisotopic (exact) mass is 316 g/mol. The van der Waals surface area contributed by atoms with E-state index in [0.717, 1.165) is 12.1 Å². The Kier molecular flexibility index (Phi) is 5.75. The molecule has 2 rings (SSSR count). The lowest BCUT2D eigenvalue weighted by atomic mass is 10.1. The van der Waals surface area contributed by atoms with Gasteiger partial charge in [0, 0.05) is 11.4 Å². The van der Waals surface area contributed by atoms with Gasteiger partial charge in [-0.05, 0) is 50.4 Å². The second-order valence-corrected chi connectivity index (χ2v) is 6.76. The molecule has 1 aromatic heterocycles. The van der Waals surface area contributed by atoms with Gasteiger partial charge in [-0.1, -0.05) is 30.3 Å². The van der Waals surface area contributed by atoms with Crippen LogP contribution in [0.2, 0.25) is 0 Å². The second-order valence-electron chi connectivity index (χ2n) is 5.76. The van der Waals surface area contributed by atoms with Gasteiger partial charge in [0.1, 0.15) is 0 Å². The maximum Gasteiger partial charge on any atom is 0.237 e. The molecule has 1 amide bonds. The van der Waals surface area contributed by atoms with Crippen molar-refractivity contribution < 1.29 is 4.79 Å². The van der Waals surface area contributed by atoms with E-state index in [1.54, 1.807) is 11.3 Å². The molecule has 0 radical (unpaired) electrons. The first kappa shape index (κ1) is 16.7. The Morgan fingerprint density at radius 2 is 1.91 bits per heavy atom. The SMILES string of the molecule is Cc1ccsc1CN(C)[C@@H](C)C(=O)N[C@@H](C)c1ccccc1. The third-order valence-corrected chi connectivity index (χ3v) is 5.07. The fourth-order valence-corrected chi connectivity index (χ4v) is 3.26. The minimum absolute atomic E-state index is 0.0213. The number of nitrogens with zero attached hydrogens (tertiary/aromatic N) is 1. The van der Waals surface area contributed by atoms with Gasteiger partial charge in [-0.3, -0.25) is 9.69 Å². The average molecular weight is 316 g/mol. The predicted octanol–water partition coefficient (Wildman–Crippen LogP) is 3.75. The lowest BCUT2D eigenvalue weighted by Crippen LogP contribution is -2.43. The first-order valence-electron chi connectivity index (χ1n) is 7.57. The third-order valence-electron chi connectivity index (χ3n) is 4.06. The van der Waals surface area contributed by atoms with Gasteiger partial charge in [0.2, 0.25) is 5.91 Å². The molecule has 1 aromatic carbocycles. The van der Waals surface area contributed by atoms with E-state index in [1.165, 1.54) is 10.4 Å². The first-order chi connectivity index (χ1) is 10.5. The van der Waals surface area contributed by atoms with E-state index in [9.17, 15) is 4.79 Å². The Hall–Kier alpha value is -1.65. The summed E-state index contributed by atoms with van der Waals surface area (Å²) in [7, 11) is 2.00. The number of likely N-dealkylation sites (N-methyl/N-ethyl adjacent to an activating group) is 1. The zero-order valence-electron chi connectivity index (χ0n) is 13.7. The lowest BCUT2D eigenvalue weighted by molar-refractivity contribution is -0.126. The highest BCUT2D eigenvalue weighted by atomic mass is 32.1. The summed E-state index contributed by atoms with van der Waals surface area (Å²) in [5, 5.41) is 5.19. The van der Waals surface area contributed by atoms with Crippen LogP contribution in [-0.2, 0) is 11.3 Å². The van der Waals surface area contributed by atoms with Crippen LogP contribution in [0.25, 0.3) is 0 Å². The van der Waals surface area contributed by atoms with Crippen molar-refractivity contribution in [2.24, 2.45) is 0 Å². The van der Waals surface area contributed by atoms with Crippen molar-refractivity contribution in [1.82, 2.24) is 10.2 Å². The number of rotatable bonds is 6. The highest BCUT2D eigenvalue weighted by Gasteiger charge is 2.20. The fourth-order valence-electron chi connectivity index (χ4n) is 2.29. The van der Waals surface area contributed by atoms with Gasteiger partial charge in [0.15, 0.2) is 0 Å². The molecule has 0 unspecified atom stereocenters. The molecular formula is C18H24N2OS. The van der Waals surface area contributed by atoms with E-state index in [0.29, 0.717) is 0 Å². The molecule has 0 aliphatic rings. The summed E-state index contributed by atoms with van der Waals surface area (Å²) in [5.74, 6) is 0.0630. The molecule has 0 saturated carbocycles. The minimum atomic E-state index is -0.160. The zero-order chi connectivity index (χ0) is 16.1. The van der Waals surface area contributed by atoms with Crippen LogP contribution in [0.1, 0.15) is 35.9 Å². The van der Waals surface area contributed by atoms with Gasteiger partial charge < -0.3 is 5.32 Å². The van der Waals surface area contributed by atoms with Gasteiger partial charge >= 0.3 is 0 Å². The van der Waals surface area contributed by atoms with Gasteiger partial charge in [-0.2, -0.15) is 0 Å². The highest BCUT2D eigenvalue weighted by Crippen LogP contribution is 2.18. The molecule has 118 valence electrons. The van der Waals surface area contributed by atoms with E-state index in [1.807, 2.05) is 51.2 Å². The maximum absolute atomic E-state index is 12.4. The Morgan fingerprint density at radius 1 is 1.23 bits per heavy atom. The second kappa shape index (κ2) is 7.56. The van der Waals surface area contributed by atoms with Crippen LogP contribution in [-0.4, -0.2) is 23.9 Å². The molecule has 22 heavy (non-hydrogen) atoms. The molecule has 0 bridgehead atoms. The van der Waals surface area contributed by atoms with Crippen molar-refractivity contribution in [2.75, 3.05) is 7.05 Å². The van der Waals surface area contributed by atoms with E-state index < -0.39 is 0 Å².